The Labute approximate surface area is 121 Å². The Kier molecular flexibility index (Phi) is 4.38. The van der Waals surface area contributed by atoms with E-state index in [4.69, 9.17) is 22.1 Å². The molecule has 0 bridgehead atoms. The molecule has 0 saturated heterocycles. The maximum Gasteiger partial charge on any atom is 0.338 e. The monoisotopic (exact) mass is 289 g/mol. The first-order chi connectivity index (χ1) is 9.56. The highest BCUT2D eigenvalue weighted by molar-refractivity contribution is 6.30. The van der Waals surface area contributed by atoms with Crippen LogP contribution >= 0.6 is 11.6 Å². The van der Waals surface area contributed by atoms with Crippen LogP contribution in [0.15, 0.2) is 48.5 Å². The molecule has 4 nitrogen and oxygen atoms in total. The average molecular weight is 290 g/mol. The lowest BCUT2D eigenvalue weighted by atomic mass is 10.1. The van der Waals surface area contributed by atoms with Gasteiger partial charge < -0.3 is 10.5 Å². The van der Waals surface area contributed by atoms with E-state index in [0.717, 1.165) is 5.56 Å². The van der Waals surface area contributed by atoms with Crippen molar-refractivity contribution in [3.63, 3.8) is 0 Å². The molecule has 0 aliphatic rings. The fraction of sp³-hybridized carbons (Fsp3) is 0.0667. The number of halogens is 1. The summed E-state index contributed by atoms with van der Waals surface area (Å²) < 4.78 is 5.16. The molecule has 2 rings (SSSR count). The number of ether oxygens (including phenoxy) is 1. The van der Waals surface area contributed by atoms with Gasteiger partial charge in [-0.15, -0.1) is 0 Å². The highest BCUT2D eigenvalue weighted by Gasteiger charge is 2.08. The van der Waals surface area contributed by atoms with Crippen LogP contribution in [0.2, 0.25) is 5.02 Å². The molecule has 0 aliphatic heterocycles. The molecule has 2 N–H and O–H groups in total. The van der Waals surface area contributed by atoms with Crippen LogP contribution in [0.3, 0.4) is 0 Å². The fourth-order valence-electron chi connectivity index (χ4n) is 1.58. The second kappa shape index (κ2) is 6.21. The van der Waals surface area contributed by atoms with Crippen molar-refractivity contribution in [3.05, 3.63) is 70.2 Å². The SMILES string of the molecule is NC(=O)c1ccc(C(=O)OCc2ccc(Cl)cc2)cc1. The van der Waals surface area contributed by atoms with Gasteiger partial charge in [0.2, 0.25) is 5.91 Å². The molecule has 0 fully saturated rings. The van der Waals surface area contributed by atoms with Gasteiger partial charge >= 0.3 is 5.97 Å². The van der Waals surface area contributed by atoms with Gasteiger partial charge in [-0.3, -0.25) is 4.79 Å². The lowest BCUT2D eigenvalue weighted by Gasteiger charge is -2.05. The Hall–Kier alpha value is -2.33. The van der Waals surface area contributed by atoms with E-state index in [1.807, 2.05) is 0 Å². The lowest BCUT2D eigenvalue weighted by Crippen LogP contribution is -2.11. The van der Waals surface area contributed by atoms with E-state index in [2.05, 4.69) is 0 Å². The number of carbonyl (C=O) groups is 2. The quantitative estimate of drug-likeness (QED) is 0.880. The maximum absolute atomic E-state index is 11.8. The first-order valence-electron chi connectivity index (χ1n) is 5.87. The molecule has 0 aliphatic carbocycles. The van der Waals surface area contributed by atoms with E-state index < -0.39 is 11.9 Å². The van der Waals surface area contributed by atoms with Crippen LogP contribution in [0.25, 0.3) is 0 Å². The number of nitrogens with two attached hydrogens (primary N) is 1. The van der Waals surface area contributed by atoms with Gasteiger partial charge in [-0.25, -0.2) is 4.79 Å². The molecule has 0 heterocycles. The Morgan fingerprint density at radius 1 is 0.950 bits per heavy atom. The number of hydrogen-bond donors (Lipinski definition) is 1. The van der Waals surface area contributed by atoms with E-state index in [-0.39, 0.29) is 6.61 Å². The summed E-state index contributed by atoms with van der Waals surface area (Å²) >= 11 is 5.77. The van der Waals surface area contributed by atoms with Crippen molar-refractivity contribution in [2.45, 2.75) is 6.61 Å². The van der Waals surface area contributed by atoms with E-state index in [9.17, 15) is 9.59 Å². The smallest absolute Gasteiger partial charge is 0.338 e. The zero-order valence-electron chi connectivity index (χ0n) is 10.5. The van der Waals surface area contributed by atoms with Gasteiger partial charge in [-0.05, 0) is 42.0 Å². The number of hydrogen-bond acceptors (Lipinski definition) is 3. The molecular formula is C15H12ClNO3. The van der Waals surface area contributed by atoms with Crippen molar-refractivity contribution >= 4 is 23.5 Å². The van der Waals surface area contributed by atoms with Crippen LogP contribution in [0.5, 0.6) is 0 Å². The van der Waals surface area contributed by atoms with Crippen LogP contribution in [0.1, 0.15) is 26.3 Å². The second-order valence-electron chi connectivity index (χ2n) is 4.14. The summed E-state index contributed by atoms with van der Waals surface area (Å²) in [4.78, 5) is 22.7. The molecule has 0 aromatic heterocycles. The van der Waals surface area contributed by atoms with Gasteiger partial charge in [0, 0.05) is 10.6 Å². The first-order valence-corrected chi connectivity index (χ1v) is 6.25. The largest absolute Gasteiger partial charge is 0.457 e. The highest BCUT2D eigenvalue weighted by Crippen LogP contribution is 2.12. The zero-order valence-corrected chi connectivity index (χ0v) is 11.3. The van der Waals surface area contributed by atoms with E-state index in [0.29, 0.717) is 16.1 Å². The topological polar surface area (TPSA) is 69.4 Å². The Bertz CT molecular complexity index is 621. The molecule has 0 radical (unpaired) electrons. The van der Waals surface area contributed by atoms with E-state index in [1.54, 1.807) is 24.3 Å². The van der Waals surface area contributed by atoms with Crippen molar-refractivity contribution in [1.82, 2.24) is 0 Å². The van der Waals surface area contributed by atoms with Crippen LogP contribution in [-0.4, -0.2) is 11.9 Å². The molecule has 2 aromatic carbocycles. The summed E-state index contributed by atoms with van der Waals surface area (Å²) in [5, 5.41) is 0.627. The third kappa shape index (κ3) is 3.59. The molecule has 0 spiro atoms. The molecule has 102 valence electrons. The predicted octanol–water partition coefficient (Wildman–Crippen LogP) is 2.80. The molecule has 1 amide bonds. The minimum absolute atomic E-state index is 0.160. The standard InChI is InChI=1S/C15H12ClNO3/c16-13-7-1-10(2-8-13)9-20-15(19)12-5-3-11(4-6-12)14(17)18/h1-8H,9H2,(H2,17,18). The van der Waals surface area contributed by atoms with E-state index >= 15 is 0 Å². The molecule has 20 heavy (non-hydrogen) atoms. The summed E-state index contributed by atoms with van der Waals surface area (Å²) in [5.74, 6) is -0.998. The number of esters is 1. The summed E-state index contributed by atoms with van der Waals surface area (Å²) in [7, 11) is 0. The maximum atomic E-state index is 11.8. The van der Waals surface area contributed by atoms with Crippen LogP contribution < -0.4 is 5.73 Å². The Morgan fingerprint density at radius 2 is 1.50 bits per heavy atom. The van der Waals surface area contributed by atoms with Gasteiger partial charge in [0.15, 0.2) is 0 Å². The molecule has 0 saturated carbocycles. The first kappa shape index (κ1) is 14.1. The van der Waals surface area contributed by atoms with Gasteiger partial charge in [0.05, 0.1) is 5.56 Å². The summed E-state index contributed by atoms with van der Waals surface area (Å²) in [6.45, 7) is 0.160. The number of benzene rings is 2. The summed E-state index contributed by atoms with van der Waals surface area (Å²) in [6.07, 6.45) is 0. The minimum Gasteiger partial charge on any atom is -0.457 e. The van der Waals surface area contributed by atoms with Crippen LogP contribution in [-0.2, 0) is 11.3 Å². The normalized spacial score (nSPS) is 10.1. The van der Waals surface area contributed by atoms with Crippen LogP contribution in [0.4, 0.5) is 0 Å². The number of amides is 1. The molecule has 2 aromatic rings. The van der Waals surface area contributed by atoms with Gasteiger partial charge in [0.25, 0.3) is 0 Å². The van der Waals surface area contributed by atoms with Crippen molar-refractivity contribution in [2.24, 2.45) is 5.73 Å². The van der Waals surface area contributed by atoms with Crippen molar-refractivity contribution in [2.75, 3.05) is 0 Å². The minimum atomic E-state index is -0.536. The third-order valence-electron chi connectivity index (χ3n) is 2.69. The molecule has 0 atom stereocenters. The van der Waals surface area contributed by atoms with Crippen LogP contribution in [0, 0.1) is 0 Å². The summed E-state index contributed by atoms with van der Waals surface area (Å²) in [6, 6.07) is 13.0. The Morgan fingerprint density at radius 3 is 2.05 bits per heavy atom. The fourth-order valence-corrected chi connectivity index (χ4v) is 1.71. The highest BCUT2D eigenvalue weighted by atomic mass is 35.5. The molecule has 0 unspecified atom stereocenters. The van der Waals surface area contributed by atoms with Gasteiger partial charge in [-0.1, -0.05) is 23.7 Å². The number of primary amides is 1. The third-order valence-corrected chi connectivity index (χ3v) is 2.94. The van der Waals surface area contributed by atoms with Crippen molar-refractivity contribution in [1.29, 1.82) is 0 Å². The predicted molar refractivity (Wildman–Crippen MR) is 75.5 cm³/mol. The number of rotatable bonds is 4. The van der Waals surface area contributed by atoms with Gasteiger partial charge in [-0.2, -0.15) is 0 Å². The summed E-state index contributed by atoms with van der Waals surface area (Å²) in [5.41, 5.74) is 6.68. The number of carbonyl (C=O) groups excluding carboxylic acids is 2. The van der Waals surface area contributed by atoms with Crippen molar-refractivity contribution in [3.8, 4) is 0 Å². The van der Waals surface area contributed by atoms with Gasteiger partial charge in [0.1, 0.15) is 6.61 Å². The van der Waals surface area contributed by atoms with E-state index in [1.165, 1.54) is 24.3 Å². The van der Waals surface area contributed by atoms with Crippen molar-refractivity contribution < 1.29 is 14.3 Å². The molecule has 5 heteroatoms. The molecular weight excluding hydrogens is 278 g/mol. The zero-order chi connectivity index (χ0) is 14.5. The average Bonchev–Trinajstić information content (AvgIpc) is 2.46. The second-order valence-corrected chi connectivity index (χ2v) is 4.58. The Balaban J connectivity index is 1.97. The lowest BCUT2D eigenvalue weighted by molar-refractivity contribution is 0.0472.